The molecule has 1 aromatic heterocycles. The highest BCUT2D eigenvalue weighted by atomic mass is 35.5. The second-order valence-corrected chi connectivity index (χ2v) is 13.7. The first-order valence-electron chi connectivity index (χ1n) is 12.7. The Morgan fingerprint density at radius 1 is 1.00 bits per heavy atom. The Kier molecular flexibility index (Phi) is 7.61. The Morgan fingerprint density at radius 2 is 1.73 bits per heavy atom. The van der Waals surface area contributed by atoms with Crippen molar-refractivity contribution in [2.24, 2.45) is 0 Å². The van der Waals surface area contributed by atoms with Crippen LogP contribution in [-0.4, -0.2) is 55.6 Å². The first-order chi connectivity index (χ1) is 17.8. The molecule has 8 nitrogen and oxygen atoms in total. The molecule has 0 bridgehead atoms. The van der Waals surface area contributed by atoms with Crippen molar-refractivity contribution in [3.8, 4) is 5.75 Å². The summed E-state index contributed by atoms with van der Waals surface area (Å²) in [7, 11) is -0.834. The summed E-state index contributed by atoms with van der Waals surface area (Å²) in [4.78, 5) is 11.3. The van der Waals surface area contributed by atoms with Crippen molar-refractivity contribution in [2.75, 3.05) is 49.1 Å². The van der Waals surface area contributed by atoms with E-state index < -0.39 is 7.14 Å². The standard InChI is InChI=1S/C27H34ClN6O2P/c1-36-24-16-20(34-14-12-19(13-15-34)30-18-8-9-18)10-11-22(24)32-27-29-17-21(28)26(33-27)31-23-6-4-5-7-25(23)37(2,3)35/h4-7,10-11,16-19,30H,8-9,12-15H2,1-3H3,(H2,29,31,32,33). The molecule has 2 fully saturated rings. The molecule has 0 atom stereocenters. The summed E-state index contributed by atoms with van der Waals surface area (Å²) in [5, 5.41) is 11.4. The molecule has 0 unspecified atom stereocenters. The first-order valence-corrected chi connectivity index (χ1v) is 15.7. The van der Waals surface area contributed by atoms with Gasteiger partial charge in [-0.1, -0.05) is 23.7 Å². The average Bonchev–Trinajstić information content (AvgIpc) is 3.70. The first kappa shape index (κ1) is 25.8. The lowest BCUT2D eigenvalue weighted by atomic mass is 10.0. The molecular formula is C27H34ClN6O2P. The molecule has 1 aliphatic carbocycles. The number of benzene rings is 2. The second-order valence-electron chi connectivity index (χ2n) is 10.1. The van der Waals surface area contributed by atoms with Crippen LogP contribution >= 0.6 is 18.7 Å². The lowest BCUT2D eigenvalue weighted by Gasteiger charge is -2.34. The van der Waals surface area contributed by atoms with Crippen LogP contribution in [0.3, 0.4) is 0 Å². The fraction of sp³-hybridized carbons (Fsp3) is 0.407. The molecule has 1 saturated heterocycles. The Bertz CT molecular complexity index is 1300. The van der Waals surface area contributed by atoms with Gasteiger partial charge < -0.3 is 30.2 Å². The smallest absolute Gasteiger partial charge is 0.229 e. The van der Waals surface area contributed by atoms with Crippen LogP contribution in [0.1, 0.15) is 25.7 Å². The molecule has 2 heterocycles. The van der Waals surface area contributed by atoms with E-state index in [0.717, 1.165) is 48.7 Å². The number of piperidine rings is 1. The summed E-state index contributed by atoms with van der Waals surface area (Å²) < 4.78 is 18.5. The van der Waals surface area contributed by atoms with Crippen molar-refractivity contribution < 1.29 is 9.30 Å². The van der Waals surface area contributed by atoms with Crippen LogP contribution in [0, 0.1) is 0 Å². The summed E-state index contributed by atoms with van der Waals surface area (Å²) in [5.74, 6) is 1.52. The van der Waals surface area contributed by atoms with Gasteiger partial charge in [0.1, 0.15) is 17.9 Å². The summed E-state index contributed by atoms with van der Waals surface area (Å²) in [5.41, 5.74) is 2.61. The van der Waals surface area contributed by atoms with Gasteiger partial charge in [-0.05, 0) is 63.3 Å². The predicted octanol–water partition coefficient (Wildman–Crippen LogP) is 5.59. The number of hydrogen-bond acceptors (Lipinski definition) is 8. The van der Waals surface area contributed by atoms with Crippen molar-refractivity contribution in [2.45, 2.75) is 37.8 Å². The van der Waals surface area contributed by atoms with Gasteiger partial charge in [0.25, 0.3) is 0 Å². The topological polar surface area (TPSA) is 91.4 Å². The summed E-state index contributed by atoms with van der Waals surface area (Å²) in [6.45, 7) is 5.54. The number of nitrogens with zero attached hydrogens (tertiary/aromatic N) is 3. The van der Waals surface area contributed by atoms with E-state index in [1.165, 1.54) is 12.8 Å². The molecule has 0 amide bonds. The normalized spacial score (nSPS) is 16.5. The molecule has 2 aliphatic rings. The summed E-state index contributed by atoms with van der Waals surface area (Å²) >= 11 is 6.40. The quantitative estimate of drug-likeness (QED) is 0.302. The van der Waals surface area contributed by atoms with Crippen LogP contribution < -0.4 is 30.9 Å². The van der Waals surface area contributed by atoms with Crippen molar-refractivity contribution in [1.82, 2.24) is 15.3 Å². The second kappa shape index (κ2) is 10.9. The zero-order valence-electron chi connectivity index (χ0n) is 21.5. The van der Waals surface area contributed by atoms with Gasteiger partial charge in [-0.2, -0.15) is 4.98 Å². The van der Waals surface area contributed by atoms with E-state index in [2.05, 4.69) is 43.0 Å². The molecule has 3 aromatic rings. The Balaban J connectivity index is 1.30. The molecule has 10 heteroatoms. The number of aromatic nitrogens is 2. The lowest BCUT2D eigenvalue weighted by Crippen LogP contribution is -2.43. The molecule has 1 saturated carbocycles. The van der Waals surface area contributed by atoms with Gasteiger partial charge in [-0.3, -0.25) is 0 Å². The largest absolute Gasteiger partial charge is 0.494 e. The monoisotopic (exact) mass is 540 g/mol. The number of halogens is 1. The third kappa shape index (κ3) is 6.38. The fourth-order valence-corrected chi connectivity index (χ4v) is 5.97. The van der Waals surface area contributed by atoms with Crippen LogP contribution in [0.5, 0.6) is 5.75 Å². The molecule has 0 spiro atoms. The van der Waals surface area contributed by atoms with E-state index in [4.69, 9.17) is 16.3 Å². The third-order valence-electron chi connectivity index (χ3n) is 6.82. The van der Waals surface area contributed by atoms with Gasteiger partial charge in [-0.25, -0.2) is 4.98 Å². The fourth-order valence-electron chi connectivity index (χ4n) is 4.68. The van der Waals surface area contributed by atoms with Crippen LogP contribution in [0.15, 0.2) is 48.7 Å². The van der Waals surface area contributed by atoms with E-state index >= 15 is 0 Å². The SMILES string of the molecule is COc1cc(N2CCC(NC3CC3)CC2)ccc1Nc1ncc(Cl)c(Nc2ccccc2P(C)(C)=O)n1. The Morgan fingerprint density at radius 3 is 2.43 bits per heavy atom. The number of rotatable bonds is 9. The molecule has 37 heavy (non-hydrogen) atoms. The number of nitrogens with one attached hydrogen (secondary N) is 3. The van der Waals surface area contributed by atoms with Crippen LogP contribution in [0.25, 0.3) is 0 Å². The van der Waals surface area contributed by atoms with E-state index in [1.807, 2.05) is 30.3 Å². The van der Waals surface area contributed by atoms with E-state index in [0.29, 0.717) is 34.3 Å². The van der Waals surface area contributed by atoms with Crippen molar-refractivity contribution in [3.05, 3.63) is 53.7 Å². The minimum absolute atomic E-state index is 0.365. The highest BCUT2D eigenvalue weighted by Crippen LogP contribution is 2.39. The summed E-state index contributed by atoms with van der Waals surface area (Å²) in [6, 6.07) is 15.0. The Hall–Kier alpha value is -2.80. The highest BCUT2D eigenvalue weighted by molar-refractivity contribution is 7.70. The summed E-state index contributed by atoms with van der Waals surface area (Å²) in [6.07, 6.45) is 6.50. The zero-order valence-corrected chi connectivity index (χ0v) is 23.1. The molecule has 3 N–H and O–H groups in total. The van der Waals surface area contributed by atoms with Crippen LogP contribution in [0.4, 0.5) is 28.8 Å². The van der Waals surface area contributed by atoms with Crippen molar-refractivity contribution >= 4 is 52.9 Å². The maximum absolute atomic E-state index is 12.8. The number of ether oxygens (including phenoxy) is 1. The maximum Gasteiger partial charge on any atom is 0.229 e. The molecule has 0 radical (unpaired) electrons. The van der Waals surface area contributed by atoms with E-state index in [1.54, 1.807) is 26.6 Å². The molecule has 196 valence electrons. The number of anilines is 5. The zero-order chi connectivity index (χ0) is 26.0. The average molecular weight is 541 g/mol. The van der Waals surface area contributed by atoms with Crippen molar-refractivity contribution in [1.29, 1.82) is 0 Å². The van der Waals surface area contributed by atoms with Crippen LogP contribution in [0.2, 0.25) is 5.02 Å². The van der Waals surface area contributed by atoms with Gasteiger partial charge in [0.05, 0.1) is 24.7 Å². The number of hydrogen-bond donors (Lipinski definition) is 3. The van der Waals surface area contributed by atoms with E-state index in [-0.39, 0.29) is 0 Å². The number of para-hydroxylation sites is 1. The van der Waals surface area contributed by atoms with Gasteiger partial charge in [0.2, 0.25) is 5.95 Å². The number of methoxy groups -OCH3 is 1. The molecule has 2 aromatic carbocycles. The van der Waals surface area contributed by atoms with Gasteiger partial charge >= 0.3 is 0 Å². The van der Waals surface area contributed by atoms with Gasteiger partial charge in [-0.15, -0.1) is 0 Å². The van der Waals surface area contributed by atoms with Crippen LogP contribution in [-0.2, 0) is 4.57 Å². The lowest BCUT2D eigenvalue weighted by molar-refractivity contribution is 0.409. The highest BCUT2D eigenvalue weighted by Gasteiger charge is 2.27. The Labute approximate surface area is 223 Å². The minimum atomic E-state index is -2.50. The predicted molar refractivity (Wildman–Crippen MR) is 154 cm³/mol. The molecular weight excluding hydrogens is 507 g/mol. The maximum atomic E-state index is 12.8. The minimum Gasteiger partial charge on any atom is -0.494 e. The van der Waals surface area contributed by atoms with E-state index in [9.17, 15) is 4.57 Å². The van der Waals surface area contributed by atoms with Gasteiger partial charge in [0, 0.05) is 42.2 Å². The third-order valence-corrected chi connectivity index (χ3v) is 8.65. The van der Waals surface area contributed by atoms with Gasteiger partial charge in [0.15, 0.2) is 5.82 Å². The molecule has 1 aliphatic heterocycles. The molecule has 5 rings (SSSR count). The van der Waals surface area contributed by atoms with Crippen molar-refractivity contribution in [3.63, 3.8) is 0 Å².